The van der Waals surface area contributed by atoms with E-state index in [0.29, 0.717) is 5.56 Å². The van der Waals surface area contributed by atoms with Gasteiger partial charge in [-0.15, -0.1) is 0 Å². The molecule has 1 aromatic carbocycles. The van der Waals surface area contributed by atoms with Crippen LogP contribution < -0.4 is 5.32 Å². The Kier molecular flexibility index (Phi) is 2.88. The van der Waals surface area contributed by atoms with Crippen LogP contribution in [0.25, 0.3) is 0 Å². The van der Waals surface area contributed by atoms with Crippen LogP contribution in [-0.2, 0) is 6.54 Å². The molecular weight excluding hydrogens is 200 g/mol. The average molecular weight is 212 g/mol. The van der Waals surface area contributed by atoms with Crippen LogP contribution in [0.4, 0.5) is 5.95 Å². The minimum atomic E-state index is 0.684. The largest absolute Gasteiger partial charge is 0.359 e. The molecule has 80 valence electrons. The highest BCUT2D eigenvalue weighted by Gasteiger charge is 2.00. The Morgan fingerprint density at radius 1 is 1.38 bits per heavy atom. The first-order chi connectivity index (χ1) is 7.83. The first-order valence-electron chi connectivity index (χ1n) is 5.01. The van der Waals surface area contributed by atoms with E-state index in [1.54, 1.807) is 6.20 Å². The third-order valence-electron chi connectivity index (χ3n) is 2.38. The fraction of sp³-hybridized carbons (Fsp3) is 0.167. The number of hydrogen-bond donors (Lipinski definition) is 1. The molecule has 0 aliphatic carbocycles. The molecule has 2 rings (SSSR count). The second-order valence-corrected chi connectivity index (χ2v) is 3.44. The molecule has 0 radical (unpaired) electrons. The molecule has 1 heterocycles. The number of nitriles is 1. The molecule has 0 aliphatic heterocycles. The Morgan fingerprint density at radius 3 is 2.75 bits per heavy atom. The molecule has 0 amide bonds. The van der Waals surface area contributed by atoms with Crippen LogP contribution in [-0.4, -0.2) is 16.6 Å². The van der Waals surface area contributed by atoms with Gasteiger partial charge in [-0.1, -0.05) is 12.1 Å². The summed E-state index contributed by atoms with van der Waals surface area (Å²) in [4.78, 5) is 4.16. The highest BCUT2D eigenvalue weighted by molar-refractivity contribution is 5.33. The molecule has 0 bridgehead atoms. The van der Waals surface area contributed by atoms with Gasteiger partial charge in [0.2, 0.25) is 5.95 Å². The molecule has 4 nitrogen and oxygen atoms in total. The van der Waals surface area contributed by atoms with Crippen LogP contribution in [0.2, 0.25) is 0 Å². The van der Waals surface area contributed by atoms with Gasteiger partial charge in [0.25, 0.3) is 0 Å². The topological polar surface area (TPSA) is 53.6 Å². The van der Waals surface area contributed by atoms with Crippen molar-refractivity contribution in [3.63, 3.8) is 0 Å². The molecule has 1 N–H and O–H groups in total. The molecule has 0 unspecified atom stereocenters. The number of anilines is 1. The first kappa shape index (κ1) is 10.2. The fourth-order valence-corrected chi connectivity index (χ4v) is 1.55. The van der Waals surface area contributed by atoms with Crippen molar-refractivity contribution in [1.29, 1.82) is 5.26 Å². The Bertz CT molecular complexity index is 505. The van der Waals surface area contributed by atoms with Crippen molar-refractivity contribution in [2.24, 2.45) is 0 Å². The summed E-state index contributed by atoms with van der Waals surface area (Å²) in [5, 5.41) is 11.7. The van der Waals surface area contributed by atoms with Crippen molar-refractivity contribution in [3.8, 4) is 6.07 Å². The van der Waals surface area contributed by atoms with Gasteiger partial charge in [-0.2, -0.15) is 5.26 Å². The summed E-state index contributed by atoms with van der Waals surface area (Å²) in [6, 6.07) is 9.67. The number of benzene rings is 1. The lowest BCUT2D eigenvalue weighted by molar-refractivity contribution is 0.805. The molecule has 1 aromatic heterocycles. The Hall–Kier alpha value is -2.28. The van der Waals surface area contributed by atoms with E-state index in [2.05, 4.69) is 16.4 Å². The van der Waals surface area contributed by atoms with Gasteiger partial charge in [-0.05, 0) is 17.7 Å². The second kappa shape index (κ2) is 4.49. The zero-order valence-corrected chi connectivity index (χ0v) is 9.01. The van der Waals surface area contributed by atoms with Crippen molar-refractivity contribution in [2.45, 2.75) is 6.54 Å². The van der Waals surface area contributed by atoms with Crippen molar-refractivity contribution < 1.29 is 0 Å². The third kappa shape index (κ3) is 2.04. The van der Waals surface area contributed by atoms with Crippen LogP contribution >= 0.6 is 0 Å². The van der Waals surface area contributed by atoms with Crippen LogP contribution in [0.5, 0.6) is 0 Å². The maximum Gasteiger partial charge on any atom is 0.202 e. The molecule has 4 heteroatoms. The van der Waals surface area contributed by atoms with Gasteiger partial charge in [-0.3, -0.25) is 0 Å². The predicted molar refractivity (Wildman–Crippen MR) is 62.0 cm³/mol. The van der Waals surface area contributed by atoms with Crippen LogP contribution in [0.1, 0.15) is 11.1 Å². The van der Waals surface area contributed by atoms with E-state index in [0.717, 1.165) is 18.1 Å². The highest BCUT2D eigenvalue weighted by atomic mass is 15.2. The zero-order valence-electron chi connectivity index (χ0n) is 9.01. The van der Waals surface area contributed by atoms with Crippen LogP contribution in [0.15, 0.2) is 36.7 Å². The molecule has 0 saturated heterocycles. The molecule has 0 fully saturated rings. The quantitative estimate of drug-likeness (QED) is 0.844. The maximum absolute atomic E-state index is 8.69. The van der Waals surface area contributed by atoms with Gasteiger partial charge in [0.1, 0.15) is 0 Å². The lowest BCUT2D eigenvalue weighted by Crippen LogP contribution is -2.03. The number of rotatable bonds is 3. The molecule has 16 heavy (non-hydrogen) atoms. The number of aromatic nitrogens is 2. The van der Waals surface area contributed by atoms with E-state index < -0.39 is 0 Å². The number of imidazole rings is 1. The number of nitrogens with zero attached hydrogens (tertiary/aromatic N) is 3. The summed E-state index contributed by atoms with van der Waals surface area (Å²) in [6.07, 6.45) is 3.68. The minimum absolute atomic E-state index is 0.684. The number of hydrogen-bond acceptors (Lipinski definition) is 3. The standard InChI is InChI=1S/C12H12N4/c1-14-12-15-6-7-16(12)9-11-4-2-10(8-13)3-5-11/h2-7H,9H2,1H3,(H,14,15). The van der Waals surface area contributed by atoms with E-state index in [1.165, 1.54) is 0 Å². The van der Waals surface area contributed by atoms with Gasteiger partial charge in [0.15, 0.2) is 0 Å². The van der Waals surface area contributed by atoms with Crippen molar-refractivity contribution >= 4 is 5.95 Å². The summed E-state index contributed by atoms with van der Waals surface area (Å²) in [5.74, 6) is 0.837. The molecule has 2 aromatic rings. The van der Waals surface area contributed by atoms with Crippen molar-refractivity contribution in [1.82, 2.24) is 9.55 Å². The molecule has 0 aliphatic rings. The Balaban J connectivity index is 2.18. The second-order valence-electron chi connectivity index (χ2n) is 3.44. The normalized spacial score (nSPS) is 9.75. The van der Waals surface area contributed by atoms with Crippen molar-refractivity contribution in [2.75, 3.05) is 12.4 Å². The minimum Gasteiger partial charge on any atom is -0.359 e. The van der Waals surface area contributed by atoms with E-state index in [-0.39, 0.29) is 0 Å². The summed E-state index contributed by atoms with van der Waals surface area (Å²) in [7, 11) is 1.84. The zero-order chi connectivity index (χ0) is 11.4. The van der Waals surface area contributed by atoms with E-state index in [4.69, 9.17) is 5.26 Å². The van der Waals surface area contributed by atoms with Gasteiger partial charge in [0.05, 0.1) is 18.2 Å². The summed E-state index contributed by atoms with van der Waals surface area (Å²) in [5.41, 5.74) is 1.83. The highest BCUT2D eigenvalue weighted by Crippen LogP contribution is 2.09. The summed E-state index contributed by atoms with van der Waals surface area (Å²) in [6.45, 7) is 0.752. The third-order valence-corrected chi connectivity index (χ3v) is 2.38. The average Bonchev–Trinajstić information content (AvgIpc) is 2.77. The first-order valence-corrected chi connectivity index (χ1v) is 5.01. The van der Waals surface area contributed by atoms with Crippen LogP contribution in [0, 0.1) is 11.3 Å². The van der Waals surface area contributed by atoms with Gasteiger partial charge in [-0.25, -0.2) is 4.98 Å². The lowest BCUT2D eigenvalue weighted by atomic mass is 10.1. The fourth-order valence-electron chi connectivity index (χ4n) is 1.55. The molecular formula is C12H12N4. The van der Waals surface area contributed by atoms with Crippen LogP contribution in [0.3, 0.4) is 0 Å². The molecule has 0 atom stereocenters. The van der Waals surface area contributed by atoms with E-state index >= 15 is 0 Å². The van der Waals surface area contributed by atoms with Gasteiger partial charge in [0, 0.05) is 19.4 Å². The van der Waals surface area contributed by atoms with Gasteiger partial charge < -0.3 is 9.88 Å². The molecule has 0 spiro atoms. The number of nitrogens with one attached hydrogen (secondary N) is 1. The summed E-state index contributed by atoms with van der Waals surface area (Å²) >= 11 is 0. The van der Waals surface area contributed by atoms with Crippen molar-refractivity contribution in [3.05, 3.63) is 47.8 Å². The Labute approximate surface area is 94.2 Å². The summed E-state index contributed by atoms with van der Waals surface area (Å²) < 4.78 is 2.02. The predicted octanol–water partition coefficient (Wildman–Crippen LogP) is 1.84. The van der Waals surface area contributed by atoms with E-state index in [9.17, 15) is 0 Å². The monoisotopic (exact) mass is 212 g/mol. The lowest BCUT2D eigenvalue weighted by Gasteiger charge is -2.06. The SMILES string of the molecule is CNc1nccn1Cc1ccc(C#N)cc1. The maximum atomic E-state index is 8.69. The smallest absolute Gasteiger partial charge is 0.202 e. The van der Waals surface area contributed by atoms with Gasteiger partial charge >= 0.3 is 0 Å². The molecule has 0 saturated carbocycles. The van der Waals surface area contributed by atoms with E-state index in [1.807, 2.05) is 42.1 Å². The Morgan fingerprint density at radius 2 is 2.12 bits per heavy atom.